The van der Waals surface area contributed by atoms with Crippen molar-refractivity contribution < 1.29 is 4.79 Å². The zero-order valence-electron chi connectivity index (χ0n) is 19.8. The van der Waals surface area contributed by atoms with E-state index < -0.39 is 0 Å². The molecule has 35 heavy (non-hydrogen) atoms. The quantitative estimate of drug-likeness (QED) is 0.469. The summed E-state index contributed by atoms with van der Waals surface area (Å²) in [5, 5.41) is 11.6. The Hall–Kier alpha value is -3.79. The van der Waals surface area contributed by atoms with Gasteiger partial charge in [0.25, 0.3) is 5.91 Å². The van der Waals surface area contributed by atoms with Gasteiger partial charge in [-0.05, 0) is 44.7 Å². The molecule has 2 fully saturated rings. The molecule has 2 atom stereocenters. The lowest BCUT2D eigenvalue weighted by atomic mass is 9.98. The van der Waals surface area contributed by atoms with Gasteiger partial charge in [0, 0.05) is 54.6 Å². The first kappa shape index (κ1) is 21.7. The molecule has 0 bridgehead atoms. The van der Waals surface area contributed by atoms with E-state index in [0.717, 1.165) is 67.1 Å². The van der Waals surface area contributed by atoms with Crippen LogP contribution in [-0.4, -0.2) is 66.3 Å². The number of nitrogens with zero attached hydrogens (tertiary/aromatic N) is 7. The summed E-state index contributed by atoms with van der Waals surface area (Å²) in [5.74, 6) is 1.68. The minimum Gasteiger partial charge on any atom is -0.355 e. The SMILES string of the molecule is Cc1cn2nc([C@@H]3CCCCN3C(=O)c3ccc(-c4ncn[nH]4)cc3)cc2nc1N1CC[C@H](N)C1. The van der Waals surface area contributed by atoms with Crippen LogP contribution in [0.25, 0.3) is 17.0 Å². The van der Waals surface area contributed by atoms with Crippen LogP contribution in [0.3, 0.4) is 0 Å². The molecule has 5 heterocycles. The number of aromatic amines is 1. The fourth-order valence-electron chi connectivity index (χ4n) is 5.25. The number of aromatic nitrogens is 6. The molecule has 0 radical (unpaired) electrons. The van der Waals surface area contributed by atoms with E-state index in [1.807, 2.05) is 45.9 Å². The highest BCUT2D eigenvalue weighted by atomic mass is 16.2. The lowest BCUT2D eigenvalue weighted by Gasteiger charge is -2.34. The molecular formula is C25H29N9O. The van der Waals surface area contributed by atoms with E-state index >= 15 is 0 Å². The Kier molecular flexibility index (Phi) is 5.44. The summed E-state index contributed by atoms with van der Waals surface area (Å²) < 4.78 is 1.84. The molecule has 0 saturated carbocycles. The first-order valence-electron chi connectivity index (χ1n) is 12.2. The third kappa shape index (κ3) is 4.03. The van der Waals surface area contributed by atoms with Gasteiger partial charge in [-0.15, -0.1) is 0 Å². The van der Waals surface area contributed by atoms with Crippen molar-refractivity contribution in [2.75, 3.05) is 24.5 Å². The molecule has 2 aliphatic rings. The number of nitrogens with two attached hydrogens (primary N) is 1. The number of anilines is 1. The van der Waals surface area contributed by atoms with Crippen LogP contribution in [0.5, 0.6) is 0 Å². The molecule has 1 amide bonds. The summed E-state index contributed by atoms with van der Waals surface area (Å²) in [6, 6.07) is 9.66. The molecule has 0 unspecified atom stereocenters. The van der Waals surface area contributed by atoms with E-state index in [1.165, 1.54) is 6.33 Å². The fourth-order valence-corrected chi connectivity index (χ4v) is 5.25. The summed E-state index contributed by atoms with van der Waals surface area (Å²) in [4.78, 5) is 26.8. The second kappa shape index (κ2) is 8.77. The molecule has 2 aliphatic heterocycles. The van der Waals surface area contributed by atoms with Crippen LogP contribution in [0.15, 0.2) is 42.9 Å². The van der Waals surface area contributed by atoms with Gasteiger partial charge in [0.05, 0.1) is 11.7 Å². The Bertz CT molecular complexity index is 1350. The number of benzene rings is 1. The molecule has 10 heteroatoms. The van der Waals surface area contributed by atoms with Gasteiger partial charge in [0.2, 0.25) is 0 Å². The summed E-state index contributed by atoms with van der Waals surface area (Å²) in [7, 11) is 0. The predicted octanol–water partition coefficient (Wildman–Crippen LogP) is 2.73. The molecule has 1 aromatic carbocycles. The number of hydrogen-bond acceptors (Lipinski definition) is 7. The lowest BCUT2D eigenvalue weighted by molar-refractivity contribution is 0.0605. The van der Waals surface area contributed by atoms with Crippen LogP contribution in [0.4, 0.5) is 5.82 Å². The maximum atomic E-state index is 13.5. The van der Waals surface area contributed by atoms with E-state index in [0.29, 0.717) is 17.9 Å². The highest BCUT2D eigenvalue weighted by Crippen LogP contribution is 2.33. The number of amides is 1. The van der Waals surface area contributed by atoms with Crippen molar-refractivity contribution in [1.82, 2.24) is 34.7 Å². The number of rotatable bonds is 4. The molecule has 10 nitrogen and oxygen atoms in total. The maximum Gasteiger partial charge on any atom is 0.254 e. The molecule has 4 aromatic rings. The van der Waals surface area contributed by atoms with Gasteiger partial charge in [-0.1, -0.05) is 12.1 Å². The van der Waals surface area contributed by atoms with Gasteiger partial charge in [0.15, 0.2) is 11.5 Å². The molecule has 0 spiro atoms. The summed E-state index contributed by atoms with van der Waals surface area (Å²) in [5.41, 5.74) is 10.4. The lowest BCUT2D eigenvalue weighted by Crippen LogP contribution is -2.38. The van der Waals surface area contributed by atoms with Crippen LogP contribution in [-0.2, 0) is 0 Å². The van der Waals surface area contributed by atoms with Gasteiger partial charge < -0.3 is 15.5 Å². The topological polar surface area (TPSA) is 121 Å². The monoisotopic (exact) mass is 471 g/mol. The highest BCUT2D eigenvalue weighted by Gasteiger charge is 2.31. The van der Waals surface area contributed by atoms with Crippen LogP contribution < -0.4 is 10.6 Å². The normalized spacial score (nSPS) is 20.6. The second-order valence-corrected chi connectivity index (χ2v) is 9.54. The van der Waals surface area contributed by atoms with Gasteiger partial charge in [-0.3, -0.25) is 9.89 Å². The van der Waals surface area contributed by atoms with Crippen molar-refractivity contribution in [3.63, 3.8) is 0 Å². The summed E-state index contributed by atoms with van der Waals surface area (Å²) in [6.45, 7) is 4.52. The number of likely N-dealkylation sites (tertiary alicyclic amines) is 1. The van der Waals surface area contributed by atoms with Crippen molar-refractivity contribution in [3.8, 4) is 11.4 Å². The molecule has 180 valence electrons. The van der Waals surface area contributed by atoms with Crippen LogP contribution in [0, 0.1) is 6.92 Å². The molecule has 0 aliphatic carbocycles. The van der Waals surface area contributed by atoms with E-state index in [1.54, 1.807) is 0 Å². The van der Waals surface area contributed by atoms with Gasteiger partial charge >= 0.3 is 0 Å². The van der Waals surface area contributed by atoms with Gasteiger partial charge in [0.1, 0.15) is 12.1 Å². The van der Waals surface area contributed by atoms with E-state index in [2.05, 4.69) is 27.0 Å². The van der Waals surface area contributed by atoms with E-state index in [4.69, 9.17) is 15.8 Å². The Morgan fingerprint density at radius 1 is 1.14 bits per heavy atom. The van der Waals surface area contributed by atoms with Gasteiger partial charge in [-0.25, -0.2) is 14.5 Å². The molecular weight excluding hydrogens is 442 g/mol. The van der Waals surface area contributed by atoms with Crippen LogP contribution in [0.2, 0.25) is 0 Å². The highest BCUT2D eigenvalue weighted by molar-refractivity contribution is 5.95. The first-order valence-corrected chi connectivity index (χ1v) is 12.2. The fraction of sp³-hybridized carbons (Fsp3) is 0.400. The maximum absolute atomic E-state index is 13.5. The average molecular weight is 472 g/mol. The minimum atomic E-state index is -0.0733. The zero-order chi connectivity index (χ0) is 23.9. The van der Waals surface area contributed by atoms with E-state index in [-0.39, 0.29) is 18.0 Å². The number of carbonyl (C=O) groups excluding carboxylic acids is 1. The third-order valence-corrected chi connectivity index (χ3v) is 7.07. The largest absolute Gasteiger partial charge is 0.355 e. The third-order valence-electron chi connectivity index (χ3n) is 7.07. The Balaban J connectivity index is 1.28. The Morgan fingerprint density at radius 3 is 2.74 bits per heavy atom. The smallest absolute Gasteiger partial charge is 0.254 e. The summed E-state index contributed by atoms with van der Waals surface area (Å²) >= 11 is 0. The Labute approximate surface area is 203 Å². The number of H-pyrrole nitrogens is 1. The Morgan fingerprint density at radius 2 is 2.00 bits per heavy atom. The number of carbonyl (C=O) groups is 1. The van der Waals surface area contributed by atoms with Crippen molar-refractivity contribution >= 4 is 17.4 Å². The van der Waals surface area contributed by atoms with Gasteiger partial charge in [-0.2, -0.15) is 10.2 Å². The van der Waals surface area contributed by atoms with Crippen LogP contribution >= 0.6 is 0 Å². The molecule has 2 saturated heterocycles. The molecule has 3 aromatic heterocycles. The number of fused-ring (bicyclic) bond motifs is 1. The predicted molar refractivity (Wildman–Crippen MR) is 132 cm³/mol. The second-order valence-electron chi connectivity index (χ2n) is 9.54. The minimum absolute atomic E-state index is 0.0201. The van der Waals surface area contributed by atoms with Crippen molar-refractivity contribution in [1.29, 1.82) is 0 Å². The first-order chi connectivity index (χ1) is 17.1. The van der Waals surface area contributed by atoms with Crippen molar-refractivity contribution in [2.24, 2.45) is 5.73 Å². The van der Waals surface area contributed by atoms with E-state index in [9.17, 15) is 4.79 Å². The average Bonchev–Trinajstić information content (AvgIpc) is 3.64. The molecule has 6 rings (SSSR count). The number of hydrogen-bond donors (Lipinski definition) is 2. The number of aryl methyl sites for hydroxylation is 1. The van der Waals surface area contributed by atoms with Crippen molar-refractivity contribution in [3.05, 3.63) is 59.7 Å². The van der Waals surface area contributed by atoms with Crippen molar-refractivity contribution in [2.45, 2.75) is 44.7 Å². The summed E-state index contributed by atoms with van der Waals surface area (Å²) in [6.07, 6.45) is 7.43. The number of nitrogens with one attached hydrogen (secondary N) is 1. The van der Waals surface area contributed by atoms with Crippen LogP contribution in [0.1, 0.15) is 53.3 Å². The zero-order valence-corrected chi connectivity index (χ0v) is 19.8. The standard InChI is InChI=1S/C25H29N9O/c1-16-13-34-22(29-24(16)32-11-9-19(26)14-32)12-20(31-34)21-4-2-3-10-33(21)25(35)18-7-5-17(6-8-18)23-27-15-28-30-23/h5-8,12-13,15,19,21H,2-4,9-11,14,26H2,1H3,(H,27,28,30)/t19-,21-/m0/s1. The molecule has 3 N–H and O–H groups in total. The number of piperidine rings is 1.